The van der Waals surface area contributed by atoms with Crippen LogP contribution in [0.2, 0.25) is 0 Å². The Labute approximate surface area is 214 Å². The van der Waals surface area contributed by atoms with E-state index in [1.54, 1.807) is 42.5 Å². The molecule has 0 unspecified atom stereocenters. The summed E-state index contributed by atoms with van der Waals surface area (Å²) in [5.74, 6) is -0.497. The van der Waals surface area contributed by atoms with Crippen LogP contribution in [-0.2, 0) is 14.8 Å². The van der Waals surface area contributed by atoms with Gasteiger partial charge in [0.2, 0.25) is 16.0 Å². The molecular weight excluding hydrogens is 488 g/mol. The molecule has 0 aliphatic heterocycles. The number of imidazole rings is 1. The number of aromatic nitrogens is 2. The van der Waals surface area contributed by atoms with Crippen molar-refractivity contribution in [2.45, 2.75) is 17.4 Å². The highest BCUT2D eigenvalue weighted by Crippen LogP contribution is 2.28. The van der Waals surface area contributed by atoms with Gasteiger partial charge in [-0.3, -0.25) is 4.79 Å². The van der Waals surface area contributed by atoms with Gasteiger partial charge in [0.05, 0.1) is 28.4 Å². The molecule has 9 heteroatoms. The first-order chi connectivity index (χ1) is 17.9. The zero-order chi connectivity index (χ0) is 25.8. The van der Waals surface area contributed by atoms with Crippen LogP contribution in [0, 0.1) is 0 Å². The van der Waals surface area contributed by atoms with E-state index in [0.717, 1.165) is 22.3 Å². The number of rotatable bonds is 9. The zero-order valence-electron chi connectivity index (χ0n) is 19.6. The lowest BCUT2D eigenvalue weighted by molar-refractivity contribution is -0.137. The summed E-state index contributed by atoms with van der Waals surface area (Å²) in [4.78, 5) is 19.2. The van der Waals surface area contributed by atoms with Gasteiger partial charge >= 0.3 is 5.97 Å². The van der Waals surface area contributed by atoms with Crippen LogP contribution in [0.4, 0.5) is 11.6 Å². The molecule has 4 N–H and O–H groups in total. The standard InChI is InChI=1S/C28H24N4O4S/c33-27(34)18-26(19-8-2-1-3-9-19)32-37(35,36)23-13-7-11-21(17-23)20-10-6-12-22(16-20)29-28-30-24-14-4-5-15-25(24)31-28/h1-17,26,32H,18H2,(H,33,34)(H2,29,30,31)/t26-/m0/s1. The van der Waals surface area contributed by atoms with E-state index in [1.807, 2.05) is 54.6 Å². The summed E-state index contributed by atoms with van der Waals surface area (Å²) in [5.41, 5.74) is 4.64. The molecule has 4 aromatic carbocycles. The molecule has 0 saturated carbocycles. The number of hydrogen-bond donors (Lipinski definition) is 4. The summed E-state index contributed by atoms with van der Waals surface area (Å²) in [6.45, 7) is 0. The highest BCUT2D eigenvalue weighted by Gasteiger charge is 2.24. The van der Waals surface area contributed by atoms with Crippen molar-refractivity contribution < 1.29 is 18.3 Å². The lowest BCUT2D eigenvalue weighted by atomic mass is 10.1. The number of para-hydroxylation sites is 2. The third kappa shape index (κ3) is 5.69. The summed E-state index contributed by atoms with van der Waals surface area (Å²) >= 11 is 0. The van der Waals surface area contributed by atoms with Crippen molar-refractivity contribution >= 4 is 38.7 Å². The zero-order valence-corrected chi connectivity index (χ0v) is 20.4. The van der Waals surface area contributed by atoms with Gasteiger partial charge in [-0.2, -0.15) is 0 Å². The molecule has 1 heterocycles. The Morgan fingerprint density at radius 1 is 0.865 bits per heavy atom. The second-order valence-corrected chi connectivity index (χ2v) is 10.2. The fraction of sp³-hybridized carbons (Fsp3) is 0.0714. The fourth-order valence-electron chi connectivity index (χ4n) is 4.11. The maximum Gasteiger partial charge on any atom is 0.305 e. The summed E-state index contributed by atoms with van der Waals surface area (Å²) in [5, 5.41) is 12.6. The van der Waals surface area contributed by atoms with Crippen LogP contribution in [0.25, 0.3) is 22.2 Å². The average molecular weight is 513 g/mol. The smallest absolute Gasteiger partial charge is 0.305 e. The number of nitrogens with one attached hydrogen (secondary N) is 3. The molecule has 0 aliphatic rings. The van der Waals surface area contributed by atoms with Crippen LogP contribution in [0.3, 0.4) is 0 Å². The third-order valence-corrected chi connectivity index (χ3v) is 7.34. The number of aromatic amines is 1. The first-order valence-electron chi connectivity index (χ1n) is 11.6. The van der Waals surface area contributed by atoms with Crippen molar-refractivity contribution in [3.05, 3.63) is 109 Å². The van der Waals surface area contributed by atoms with Crippen molar-refractivity contribution in [1.29, 1.82) is 0 Å². The number of H-pyrrole nitrogens is 1. The van der Waals surface area contributed by atoms with E-state index in [4.69, 9.17) is 0 Å². The molecule has 0 spiro atoms. The molecule has 0 bridgehead atoms. The molecule has 8 nitrogen and oxygen atoms in total. The average Bonchev–Trinajstić information content (AvgIpc) is 3.31. The summed E-state index contributed by atoms with van der Waals surface area (Å²) in [6.07, 6.45) is -0.377. The van der Waals surface area contributed by atoms with Crippen LogP contribution in [-0.4, -0.2) is 29.5 Å². The van der Waals surface area contributed by atoms with E-state index in [9.17, 15) is 18.3 Å². The van der Waals surface area contributed by atoms with Gasteiger partial charge in [0, 0.05) is 5.69 Å². The summed E-state index contributed by atoms with van der Waals surface area (Å²) < 4.78 is 29.1. The number of benzene rings is 4. The minimum absolute atomic E-state index is 0.0481. The number of sulfonamides is 1. The Morgan fingerprint density at radius 2 is 1.57 bits per heavy atom. The monoisotopic (exact) mass is 512 g/mol. The predicted molar refractivity (Wildman–Crippen MR) is 143 cm³/mol. The van der Waals surface area contributed by atoms with Crippen LogP contribution < -0.4 is 10.0 Å². The molecule has 0 fully saturated rings. The van der Waals surface area contributed by atoms with Crippen LogP contribution in [0.1, 0.15) is 18.0 Å². The van der Waals surface area contributed by atoms with Gasteiger partial charge < -0.3 is 15.4 Å². The second kappa shape index (κ2) is 10.3. The molecule has 0 amide bonds. The van der Waals surface area contributed by atoms with E-state index in [1.165, 1.54) is 6.07 Å². The molecule has 186 valence electrons. The van der Waals surface area contributed by atoms with E-state index >= 15 is 0 Å². The van der Waals surface area contributed by atoms with E-state index in [2.05, 4.69) is 20.0 Å². The van der Waals surface area contributed by atoms with Gasteiger partial charge in [-0.1, -0.05) is 66.7 Å². The number of hydrogen-bond acceptors (Lipinski definition) is 5. The van der Waals surface area contributed by atoms with Crippen LogP contribution >= 0.6 is 0 Å². The van der Waals surface area contributed by atoms with Crippen molar-refractivity contribution in [3.8, 4) is 11.1 Å². The largest absolute Gasteiger partial charge is 0.481 e. The number of anilines is 2. The summed E-state index contributed by atoms with van der Waals surface area (Å²) in [6, 6.07) is 29.6. The molecule has 1 atom stereocenters. The van der Waals surface area contributed by atoms with Crippen molar-refractivity contribution in [3.63, 3.8) is 0 Å². The second-order valence-electron chi connectivity index (χ2n) is 8.52. The SMILES string of the molecule is O=C(O)C[C@H](NS(=O)(=O)c1cccc(-c2cccc(Nc3nc4ccccc4[nH]3)c2)c1)c1ccccc1. The van der Waals surface area contributed by atoms with Gasteiger partial charge in [-0.25, -0.2) is 18.1 Å². The maximum atomic E-state index is 13.2. The highest BCUT2D eigenvalue weighted by atomic mass is 32.2. The number of aliphatic carboxylic acids is 1. The van der Waals surface area contributed by atoms with Crippen LogP contribution in [0.15, 0.2) is 108 Å². The van der Waals surface area contributed by atoms with Gasteiger partial charge in [-0.05, 0) is 53.1 Å². The van der Waals surface area contributed by atoms with Gasteiger partial charge in [0.1, 0.15) is 0 Å². The van der Waals surface area contributed by atoms with Crippen molar-refractivity contribution in [2.24, 2.45) is 0 Å². The molecule has 5 rings (SSSR count). The van der Waals surface area contributed by atoms with Gasteiger partial charge in [0.15, 0.2) is 0 Å². The quantitative estimate of drug-likeness (QED) is 0.208. The first kappa shape index (κ1) is 24.2. The molecule has 5 aromatic rings. The number of nitrogens with zero attached hydrogens (tertiary/aromatic N) is 1. The minimum atomic E-state index is -4.00. The Hall–Kier alpha value is -4.47. The highest BCUT2D eigenvalue weighted by molar-refractivity contribution is 7.89. The summed E-state index contributed by atoms with van der Waals surface area (Å²) in [7, 11) is -4.00. The number of fused-ring (bicyclic) bond motifs is 1. The Bertz CT molecular complexity index is 1630. The Balaban J connectivity index is 1.40. The molecule has 0 aliphatic carbocycles. The van der Waals surface area contributed by atoms with E-state index < -0.39 is 22.0 Å². The first-order valence-corrected chi connectivity index (χ1v) is 13.1. The number of carboxylic acids is 1. The lowest BCUT2D eigenvalue weighted by Gasteiger charge is -2.18. The van der Waals surface area contributed by atoms with Crippen LogP contribution in [0.5, 0.6) is 0 Å². The number of carbonyl (C=O) groups is 1. The Kier molecular flexibility index (Phi) is 6.72. The molecule has 1 aromatic heterocycles. The molecular formula is C28H24N4O4S. The lowest BCUT2D eigenvalue weighted by Crippen LogP contribution is -2.30. The van der Waals surface area contributed by atoms with E-state index in [-0.39, 0.29) is 11.3 Å². The molecule has 37 heavy (non-hydrogen) atoms. The minimum Gasteiger partial charge on any atom is -0.481 e. The maximum absolute atomic E-state index is 13.2. The fourth-order valence-corrected chi connectivity index (χ4v) is 5.38. The van der Waals surface area contributed by atoms with Gasteiger partial charge in [0.25, 0.3) is 0 Å². The third-order valence-electron chi connectivity index (χ3n) is 5.87. The topological polar surface area (TPSA) is 124 Å². The molecule has 0 radical (unpaired) electrons. The molecule has 0 saturated heterocycles. The van der Waals surface area contributed by atoms with Crippen molar-refractivity contribution in [2.75, 3.05) is 5.32 Å². The predicted octanol–water partition coefficient (Wildman–Crippen LogP) is 5.47. The van der Waals surface area contributed by atoms with Crippen molar-refractivity contribution in [1.82, 2.24) is 14.7 Å². The normalized spacial score (nSPS) is 12.3. The van der Waals surface area contributed by atoms with E-state index in [0.29, 0.717) is 17.1 Å². The Morgan fingerprint density at radius 3 is 2.32 bits per heavy atom. The number of carboxylic acid groups (broad SMARTS) is 1. The van der Waals surface area contributed by atoms with Gasteiger partial charge in [-0.15, -0.1) is 0 Å².